The molecule has 2 fully saturated rings. The molecule has 2 aliphatic rings. The van der Waals surface area contributed by atoms with Crippen molar-refractivity contribution in [2.75, 3.05) is 39.9 Å². The predicted octanol–water partition coefficient (Wildman–Crippen LogP) is 2.12. The van der Waals surface area contributed by atoms with Crippen molar-refractivity contribution in [3.8, 4) is 0 Å². The van der Waals surface area contributed by atoms with E-state index in [4.69, 9.17) is 4.74 Å². The second-order valence-corrected chi connectivity index (χ2v) is 7.24. The third-order valence-corrected chi connectivity index (χ3v) is 4.62. The van der Waals surface area contributed by atoms with Crippen LogP contribution in [-0.2, 0) is 4.74 Å². The van der Waals surface area contributed by atoms with Crippen molar-refractivity contribution in [3.63, 3.8) is 0 Å². The summed E-state index contributed by atoms with van der Waals surface area (Å²) >= 11 is 0. The molecule has 3 heteroatoms. The highest BCUT2D eigenvalue weighted by atomic mass is 16.5. The monoisotopic (exact) mass is 254 g/mol. The molecular formula is C15H30N2O. The van der Waals surface area contributed by atoms with E-state index in [1.54, 1.807) is 7.11 Å². The zero-order valence-electron chi connectivity index (χ0n) is 12.6. The van der Waals surface area contributed by atoms with Gasteiger partial charge in [-0.2, -0.15) is 0 Å². The summed E-state index contributed by atoms with van der Waals surface area (Å²) in [6, 6.07) is 0. The second-order valence-electron chi connectivity index (χ2n) is 7.24. The first kappa shape index (κ1) is 14.3. The maximum absolute atomic E-state index is 5.23. The van der Waals surface area contributed by atoms with Crippen LogP contribution < -0.4 is 5.32 Å². The summed E-state index contributed by atoms with van der Waals surface area (Å²) in [6.45, 7) is 12.8. The maximum Gasteiger partial charge on any atom is 0.0467 e. The van der Waals surface area contributed by atoms with Crippen molar-refractivity contribution in [2.45, 2.75) is 45.6 Å². The van der Waals surface area contributed by atoms with Crippen LogP contribution in [0.25, 0.3) is 0 Å². The number of ether oxygens (including phenoxy) is 1. The predicted molar refractivity (Wildman–Crippen MR) is 75.8 cm³/mol. The van der Waals surface area contributed by atoms with Gasteiger partial charge in [0.05, 0.1) is 0 Å². The van der Waals surface area contributed by atoms with Gasteiger partial charge in [0.25, 0.3) is 0 Å². The van der Waals surface area contributed by atoms with Gasteiger partial charge in [-0.25, -0.2) is 0 Å². The summed E-state index contributed by atoms with van der Waals surface area (Å²) < 4.78 is 5.23. The molecule has 0 aromatic carbocycles. The van der Waals surface area contributed by atoms with Crippen LogP contribution in [-0.4, -0.2) is 50.3 Å². The molecule has 0 amide bonds. The number of methoxy groups -OCH3 is 1. The number of piperazine rings is 1. The minimum atomic E-state index is 0.359. The number of hydrogen-bond acceptors (Lipinski definition) is 3. The first-order valence-corrected chi connectivity index (χ1v) is 7.41. The highest BCUT2D eigenvalue weighted by molar-refractivity contribution is 5.02. The summed E-state index contributed by atoms with van der Waals surface area (Å²) in [5, 5.41) is 3.75. The minimum absolute atomic E-state index is 0.359. The van der Waals surface area contributed by atoms with Crippen molar-refractivity contribution in [3.05, 3.63) is 0 Å². The third-order valence-electron chi connectivity index (χ3n) is 4.62. The molecule has 2 rings (SSSR count). The fraction of sp³-hybridized carbons (Fsp3) is 1.00. The van der Waals surface area contributed by atoms with Gasteiger partial charge in [-0.15, -0.1) is 0 Å². The normalized spacial score (nSPS) is 30.7. The fourth-order valence-corrected chi connectivity index (χ4v) is 3.29. The number of hydrogen-bond donors (Lipinski definition) is 1. The van der Waals surface area contributed by atoms with Gasteiger partial charge in [0, 0.05) is 45.4 Å². The van der Waals surface area contributed by atoms with Gasteiger partial charge in [-0.1, -0.05) is 13.8 Å². The van der Waals surface area contributed by atoms with Crippen molar-refractivity contribution in [1.82, 2.24) is 10.2 Å². The molecule has 1 saturated carbocycles. The molecule has 1 heterocycles. The third kappa shape index (κ3) is 3.69. The van der Waals surface area contributed by atoms with E-state index in [0.29, 0.717) is 11.0 Å². The quantitative estimate of drug-likeness (QED) is 0.786. The van der Waals surface area contributed by atoms with E-state index in [0.717, 1.165) is 25.5 Å². The lowest BCUT2D eigenvalue weighted by Gasteiger charge is -2.44. The molecule has 1 aliphatic carbocycles. The van der Waals surface area contributed by atoms with Gasteiger partial charge in [-0.05, 0) is 37.5 Å². The Kier molecular flexibility index (Phi) is 4.35. The van der Waals surface area contributed by atoms with Crippen molar-refractivity contribution >= 4 is 0 Å². The molecule has 1 N–H and O–H groups in total. The van der Waals surface area contributed by atoms with Gasteiger partial charge < -0.3 is 10.1 Å². The molecule has 0 radical (unpaired) electrons. The van der Waals surface area contributed by atoms with Gasteiger partial charge in [0.1, 0.15) is 0 Å². The van der Waals surface area contributed by atoms with E-state index in [1.165, 1.54) is 32.5 Å². The van der Waals surface area contributed by atoms with Crippen LogP contribution in [0, 0.1) is 11.3 Å². The molecule has 1 saturated heterocycles. The Balaban J connectivity index is 1.85. The highest BCUT2D eigenvalue weighted by Gasteiger charge is 2.44. The van der Waals surface area contributed by atoms with E-state index in [-0.39, 0.29) is 0 Å². The number of rotatable bonds is 6. The molecule has 0 bridgehead atoms. The van der Waals surface area contributed by atoms with E-state index in [1.807, 2.05) is 0 Å². The fourth-order valence-electron chi connectivity index (χ4n) is 3.29. The van der Waals surface area contributed by atoms with E-state index in [2.05, 4.69) is 31.0 Å². The zero-order chi connectivity index (χ0) is 13.2. The Morgan fingerprint density at radius 2 is 2.11 bits per heavy atom. The lowest BCUT2D eigenvalue weighted by molar-refractivity contribution is 0.0717. The maximum atomic E-state index is 5.23. The lowest BCUT2D eigenvalue weighted by atomic mass is 9.86. The molecule has 1 atom stereocenters. The molecule has 18 heavy (non-hydrogen) atoms. The molecule has 1 unspecified atom stereocenters. The topological polar surface area (TPSA) is 24.5 Å². The SMILES string of the molecule is COCCC(C)(C)CN1CCNC(C)(C2CC2)C1. The molecule has 3 nitrogen and oxygen atoms in total. The molecular weight excluding hydrogens is 224 g/mol. The molecule has 1 aliphatic heterocycles. The Hall–Kier alpha value is -0.120. The van der Waals surface area contributed by atoms with Gasteiger partial charge in [0.2, 0.25) is 0 Å². The first-order valence-electron chi connectivity index (χ1n) is 7.41. The molecule has 0 spiro atoms. The number of nitrogens with one attached hydrogen (secondary N) is 1. The summed E-state index contributed by atoms with van der Waals surface area (Å²) in [5.41, 5.74) is 0.730. The summed E-state index contributed by atoms with van der Waals surface area (Å²) in [5.74, 6) is 0.919. The minimum Gasteiger partial charge on any atom is -0.385 e. The zero-order valence-corrected chi connectivity index (χ0v) is 12.6. The smallest absolute Gasteiger partial charge is 0.0467 e. The Morgan fingerprint density at radius 1 is 1.39 bits per heavy atom. The molecule has 0 aromatic rings. The Labute approximate surface area is 112 Å². The van der Waals surface area contributed by atoms with E-state index in [9.17, 15) is 0 Å². The van der Waals surface area contributed by atoms with Crippen LogP contribution in [0.2, 0.25) is 0 Å². The highest BCUT2D eigenvalue weighted by Crippen LogP contribution is 2.41. The molecule has 0 aromatic heterocycles. The van der Waals surface area contributed by atoms with Gasteiger partial charge in [0.15, 0.2) is 0 Å². The van der Waals surface area contributed by atoms with Crippen LogP contribution in [0.4, 0.5) is 0 Å². The van der Waals surface area contributed by atoms with Crippen LogP contribution >= 0.6 is 0 Å². The van der Waals surface area contributed by atoms with Crippen LogP contribution in [0.5, 0.6) is 0 Å². The standard InChI is InChI=1S/C15H30N2O/c1-14(2,7-10-18-4)11-17-9-8-16-15(3,12-17)13-5-6-13/h13,16H,5-12H2,1-4H3. The second kappa shape index (κ2) is 5.48. The number of nitrogens with zero attached hydrogens (tertiary/aromatic N) is 1. The average molecular weight is 254 g/mol. The van der Waals surface area contributed by atoms with Gasteiger partial charge in [-0.3, -0.25) is 4.90 Å². The lowest BCUT2D eigenvalue weighted by Crippen LogP contribution is -2.61. The summed E-state index contributed by atoms with van der Waals surface area (Å²) in [6.07, 6.45) is 3.99. The summed E-state index contributed by atoms with van der Waals surface area (Å²) in [7, 11) is 1.80. The van der Waals surface area contributed by atoms with Crippen molar-refractivity contribution in [1.29, 1.82) is 0 Å². The van der Waals surface area contributed by atoms with E-state index < -0.39 is 0 Å². The Morgan fingerprint density at radius 3 is 2.72 bits per heavy atom. The van der Waals surface area contributed by atoms with Crippen molar-refractivity contribution in [2.24, 2.45) is 11.3 Å². The van der Waals surface area contributed by atoms with Crippen LogP contribution in [0.15, 0.2) is 0 Å². The average Bonchev–Trinajstić information content (AvgIpc) is 3.10. The largest absolute Gasteiger partial charge is 0.385 e. The van der Waals surface area contributed by atoms with Crippen molar-refractivity contribution < 1.29 is 4.74 Å². The van der Waals surface area contributed by atoms with E-state index >= 15 is 0 Å². The summed E-state index contributed by atoms with van der Waals surface area (Å²) in [4.78, 5) is 2.66. The van der Waals surface area contributed by atoms with Crippen LogP contribution in [0.3, 0.4) is 0 Å². The first-order chi connectivity index (χ1) is 8.45. The Bertz CT molecular complexity index is 276. The van der Waals surface area contributed by atoms with Gasteiger partial charge >= 0.3 is 0 Å². The molecule has 106 valence electrons. The van der Waals surface area contributed by atoms with Crippen LogP contribution in [0.1, 0.15) is 40.0 Å².